The van der Waals surface area contributed by atoms with E-state index in [1.54, 1.807) is 4.57 Å². The Hall–Kier alpha value is -1.45. The first-order valence-corrected chi connectivity index (χ1v) is 5.09. The van der Waals surface area contributed by atoms with Gasteiger partial charge in [0.2, 0.25) is 0 Å². The molecule has 0 amide bonds. The number of rotatable bonds is 2. The van der Waals surface area contributed by atoms with Gasteiger partial charge in [0.25, 0.3) is 0 Å². The quantitative estimate of drug-likeness (QED) is 0.733. The predicted octanol–water partition coefficient (Wildman–Crippen LogP) is 3.90. The molecule has 0 saturated carbocycles. The highest BCUT2D eigenvalue weighted by atomic mass is 19.4. The molecular weight excluding hydrogens is 215 g/mol. The molecule has 0 aliphatic heterocycles. The number of benzene rings is 1. The molecular formula is C12H12F3N. The van der Waals surface area contributed by atoms with Gasteiger partial charge in [0.15, 0.2) is 0 Å². The van der Waals surface area contributed by atoms with E-state index in [9.17, 15) is 13.2 Å². The van der Waals surface area contributed by atoms with Crippen LogP contribution >= 0.6 is 0 Å². The minimum Gasteiger partial charge on any atom is -0.345 e. The minimum absolute atomic E-state index is 0.0111. The summed E-state index contributed by atoms with van der Waals surface area (Å²) in [6.45, 7) is 1.82. The van der Waals surface area contributed by atoms with Crippen molar-refractivity contribution in [3.63, 3.8) is 0 Å². The van der Waals surface area contributed by atoms with Crippen LogP contribution in [0.4, 0.5) is 13.2 Å². The molecule has 2 aromatic rings. The van der Waals surface area contributed by atoms with E-state index in [2.05, 4.69) is 0 Å². The summed E-state index contributed by atoms with van der Waals surface area (Å²) in [5, 5.41) is 0.988. The molecule has 0 radical (unpaired) electrons. The molecule has 0 unspecified atom stereocenters. The van der Waals surface area contributed by atoms with E-state index in [0.29, 0.717) is 0 Å². The maximum Gasteiger partial charge on any atom is 0.390 e. The molecule has 0 N–H and O–H groups in total. The predicted molar refractivity (Wildman–Crippen MR) is 57.3 cm³/mol. The lowest BCUT2D eigenvalue weighted by molar-refractivity contribution is -0.136. The van der Waals surface area contributed by atoms with Gasteiger partial charge in [-0.05, 0) is 24.4 Å². The van der Waals surface area contributed by atoms with Crippen LogP contribution in [0.5, 0.6) is 0 Å². The highest BCUT2D eigenvalue weighted by Gasteiger charge is 2.27. The summed E-state index contributed by atoms with van der Waals surface area (Å²) in [6, 6.07) is 9.39. The van der Waals surface area contributed by atoms with E-state index in [1.807, 2.05) is 37.3 Å². The van der Waals surface area contributed by atoms with Gasteiger partial charge in [0.1, 0.15) is 0 Å². The smallest absolute Gasteiger partial charge is 0.345 e. The fraction of sp³-hybridized carbons (Fsp3) is 0.333. The van der Waals surface area contributed by atoms with E-state index in [1.165, 1.54) is 0 Å². The zero-order valence-electron chi connectivity index (χ0n) is 8.88. The Kier molecular flexibility index (Phi) is 2.66. The Balaban J connectivity index is 2.33. The molecule has 0 aliphatic carbocycles. The summed E-state index contributed by atoms with van der Waals surface area (Å²) in [7, 11) is 0. The molecule has 1 heterocycles. The van der Waals surface area contributed by atoms with Crippen molar-refractivity contribution >= 4 is 10.9 Å². The van der Waals surface area contributed by atoms with Crippen molar-refractivity contribution in [3.05, 3.63) is 36.0 Å². The Labute approximate surface area is 91.5 Å². The second-order valence-corrected chi connectivity index (χ2v) is 3.86. The van der Waals surface area contributed by atoms with Crippen molar-refractivity contribution in [2.24, 2.45) is 0 Å². The fourth-order valence-corrected chi connectivity index (χ4v) is 1.88. The normalized spacial score (nSPS) is 12.2. The van der Waals surface area contributed by atoms with E-state index in [0.717, 1.165) is 16.6 Å². The molecule has 0 atom stereocenters. The van der Waals surface area contributed by atoms with Crippen LogP contribution in [-0.4, -0.2) is 10.7 Å². The molecule has 4 heteroatoms. The monoisotopic (exact) mass is 227 g/mol. The number of nitrogens with zero attached hydrogens (tertiary/aromatic N) is 1. The number of fused-ring (bicyclic) bond motifs is 1. The van der Waals surface area contributed by atoms with Crippen LogP contribution in [0.1, 0.15) is 12.1 Å². The highest BCUT2D eigenvalue weighted by molar-refractivity contribution is 5.81. The first-order chi connectivity index (χ1) is 7.47. The second-order valence-electron chi connectivity index (χ2n) is 3.86. The van der Waals surface area contributed by atoms with Crippen molar-refractivity contribution < 1.29 is 13.2 Å². The first kappa shape index (κ1) is 11.0. The minimum atomic E-state index is -4.10. The Morgan fingerprint density at radius 2 is 1.88 bits per heavy atom. The Bertz CT molecular complexity index is 496. The largest absolute Gasteiger partial charge is 0.390 e. The van der Waals surface area contributed by atoms with Gasteiger partial charge >= 0.3 is 6.18 Å². The van der Waals surface area contributed by atoms with E-state index in [4.69, 9.17) is 0 Å². The third-order valence-electron chi connectivity index (χ3n) is 2.64. The summed E-state index contributed by atoms with van der Waals surface area (Å²) in [5.74, 6) is 0. The lowest BCUT2D eigenvalue weighted by Gasteiger charge is -2.10. The zero-order chi connectivity index (χ0) is 11.8. The maximum absolute atomic E-state index is 12.2. The van der Waals surface area contributed by atoms with Gasteiger partial charge in [-0.15, -0.1) is 0 Å². The van der Waals surface area contributed by atoms with Gasteiger partial charge in [-0.1, -0.05) is 18.2 Å². The second kappa shape index (κ2) is 3.85. The average molecular weight is 227 g/mol. The van der Waals surface area contributed by atoms with E-state index >= 15 is 0 Å². The number of aromatic nitrogens is 1. The summed E-state index contributed by atoms with van der Waals surface area (Å²) >= 11 is 0. The molecule has 1 aromatic heterocycles. The highest BCUT2D eigenvalue weighted by Crippen LogP contribution is 2.24. The van der Waals surface area contributed by atoms with E-state index < -0.39 is 12.6 Å². The summed E-state index contributed by atoms with van der Waals surface area (Å²) in [5.41, 5.74) is 1.73. The SMILES string of the molecule is Cc1cc2ccccc2n1CCC(F)(F)F. The average Bonchev–Trinajstić information content (AvgIpc) is 2.49. The molecule has 1 aromatic carbocycles. The zero-order valence-corrected chi connectivity index (χ0v) is 8.88. The van der Waals surface area contributed by atoms with Gasteiger partial charge in [-0.25, -0.2) is 0 Å². The molecule has 0 bridgehead atoms. The summed E-state index contributed by atoms with van der Waals surface area (Å²) in [4.78, 5) is 0. The molecule has 0 fully saturated rings. The van der Waals surface area contributed by atoms with Gasteiger partial charge in [0, 0.05) is 17.8 Å². The van der Waals surface area contributed by atoms with Crippen molar-refractivity contribution in [3.8, 4) is 0 Å². The third-order valence-corrected chi connectivity index (χ3v) is 2.64. The molecule has 16 heavy (non-hydrogen) atoms. The van der Waals surface area contributed by atoms with Crippen LogP contribution < -0.4 is 0 Å². The summed E-state index contributed by atoms with van der Waals surface area (Å²) < 4.78 is 38.2. The van der Waals surface area contributed by atoms with Gasteiger partial charge in [0.05, 0.1) is 6.42 Å². The number of aryl methyl sites for hydroxylation is 2. The number of hydrogen-bond acceptors (Lipinski definition) is 0. The Morgan fingerprint density at radius 1 is 1.19 bits per heavy atom. The first-order valence-electron chi connectivity index (χ1n) is 5.09. The molecule has 0 spiro atoms. The van der Waals surface area contributed by atoms with Crippen LogP contribution in [0.25, 0.3) is 10.9 Å². The van der Waals surface area contributed by atoms with Crippen molar-refractivity contribution in [1.29, 1.82) is 0 Å². The van der Waals surface area contributed by atoms with Crippen LogP contribution in [0, 0.1) is 6.92 Å². The van der Waals surface area contributed by atoms with Gasteiger partial charge < -0.3 is 4.57 Å². The molecule has 2 rings (SSSR count). The molecule has 86 valence electrons. The third kappa shape index (κ3) is 2.21. The van der Waals surface area contributed by atoms with Crippen LogP contribution in [0.15, 0.2) is 30.3 Å². The molecule has 0 aliphatic rings. The Morgan fingerprint density at radius 3 is 2.56 bits per heavy atom. The number of hydrogen-bond donors (Lipinski definition) is 0. The van der Waals surface area contributed by atoms with Crippen LogP contribution in [0.2, 0.25) is 0 Å². The number of halogens is 3. The molecule has 1 nitrogen and oxygen atoms in total. The topological polar surface area (TPSA) is 4.93 Å². The lowest BCUT2D eigenvalue weighted by atomic mass is 10.2. The summed E-state index contributed by atoms with van der Waals surface area (Å²) in [6.07, 6.45) is -4.88. The van der Waals surface area contributed by atoms with Crippen molar-refractivity contribution in [1.82, 2.24) is 4.57 Å². The maximum atomic E-state index is 12.2. The van der Waals surface area contributed by atoms with E-state index in [-0.39, 0.29) is 6.54 Å². The van der Waals surface area contributed by atoms with Crippen LogP contribution in [-0.2, 0) is 6.54 Å². The molecule has 0 saturated heterocycles. The van der Waals surface area contributed by atoms with Crippen molar-refractivity contribution in [2.75, 3.05) is 0 Å². The van der Waals surface area contributed by atoms with Gasteiger partial charge in [-0.3, -0.25) is 0 Å². The standard InChI is InChI=1S/C12H12F3N/c1-9-8-10-4-2-3-5-11(10)16(9)7-6-12(13,14)15/h2-5,8H,6-7H2,1H3. The number of para-hydroxylation sites is 1. The fourth-order valence-electron chi connectivity index (χ4n) is 1.88. The number of alkyl halides is 3. The van der Waals surface area contributed by atoms with Gasteiger partial charge in [-0.2, -0.15) is 13.2 Å². The van der Waals surface area contributed by atoms with Crippen molar-refractivity contribution in [2.45, 2.75) is 26.1 Å². The van der Waals surface area contributed by atoms with Crippen LogP contribution in [0.3, 0.4) is 0 Å². The lowest BCUT2D eigenvalue weighted by Crippen LogP contribution is -2.12.